The molecule has 4 rings (SSSR count). The molecule has 0 aromatic heterocycles. The Morgan fingerprint density at radius 3 is 2.64 bits per heavy atom. The first-order valence-corrected chi connectivity index (χ1v) is 10.3. The van der Waals surface area contributed by atoms with Crippen LogP contribution >= 0.6 is 0 Å². The lowest BCUT2D eigenvalue weighted by Gasteiger charge is -2.60. The molecule has 4 aliphatic carbocycles. The highest BCUT2D eigenvalue weighted by Gasteiger charge is 2.60. The van der Waals surface area contributed by atoms with Crippen molar-refractivity contribution in [3.63, 3.8) is 0 Å². The molecule has 0 heterocycles. The number of carbonyl (C=O) groups excluding carboxylic acids is 2. The Hall–Kier alpha value is -1.06. The van der Waals surface area contributed by atoms with Crippen LogP contribution in [0.25, 0.3) is 0 Å². The Balaban J connectivity index is 1.51. The lowest BCUT2D eigenvalue weighted by Crippen LogP contribution is -2.55. The SMILES string of the molecule is COC(=O)N[C@H]1CC[C@@]2(C)[C@@H](CC[C@@H]3[C@@H]2CC[C@]2(C)C(=O)CC[C@@H]32)C1. The number of Topliss-reactive ketones (excluding diaryl/α,β-unsaturated/α-hetero) is 1. The van der Waals surface area contributed by atoms with Crippen molar-refractivity contribution in [2.24, 2.45) is 34.5 Å². The van der Waals surface area contributed by atoms with Crippen LogP contribution in [0.2, 0.25) is 0 Å². The van der Waals surface area contributed by atoms with E-state index >= 15 is 0 Å². The second-order valence-electron chi connectivity index (χ2n) is 9.68. The normalized spacial score (nSPS) is 48.9. The number of ether oxygens (including phenoxy) is 1. The number of hydrogen-bond acceptors (Lipinski definition) is 3. The number of fused-ring (bicyclic) bond motifs is 5. The van der Waals surface area contributed by atoms with Crippen molar-refractivity contribution in [3.05, 3.63) is 0 Å². The summed E-state index contributed by atoms with van der Waals surface area (Å²) in [5, 5.41) is 3.03. The fourth-order valence-electron chi connectivity index (χ4n) is 7.39. The second kappa shape index (κ2) is 5.99. The molecule has 140 valence electrons. The molecule has 0 saturated heterocycles. The van der Waals surface area contributed by atoms with Crippen LogP contribution in [0.3, 0.4) is 0 Å². The van der Waals surface area contributed by atoms with Gasteiger partial charge < -0.3 is 10.1 Å². The maximum atomic E-state index is 12.5. The molecule has 4 fully saturated rings. The van der Waals surface area contributed by atoms with Gasteiger partial charge >= 0.3 is 6.09 Å². The quantitative estimate of drug-likeness (QED) is 0.768. The van der Waals surface area contributed by atoms with E-state index in [1.807, 2.05) is 0 Å². The summed E-state index contributed by atoms with van der Waals surface area (Å²) in [5.41, 5.74) is 0.373. The molecule has 7 atom stereocenters. The highest BCUT2D eigenvalue weighted by atomic mass is 16.5. The van der Waals surface area contributed by atoms with Gasteiger partial charge in [0.2, 0.25) is 0 Å². The average Bonchev–Trinajstić information content (AvgIpc) is 2.90. The summed E-state index contributed by atoms with van der Waals surface area (Å²) in [6.07, 6.45) is 9.88. The summed E-state index contributed by atoms with van der Waals surface area (Å²) in [7, 11) is 1.44. The van der Waals surface area contributed by atoms with Gasteiger partial charge in [0.05, 0.1) is 7.11 Å². The number of alkyl carbamates (subject to hydrolysis) is 1. The first-order chi connectivity index (χ1) is 11.9. The summed E-state index contributed by atoms with van der Waals surface area (Å²) in [4.78, 5) is 24.1. The van der Waals surface area contributed by atoms with Crippen LogP contribution in [-0.4, -0.2) is 25.0 Å². The molecule has 4 saturated carbocycles. The predicted octanol–water partition coefficient (Wildman–Crippen LogP) is 4.32. The van der Waals surface area contributed by atoms with Gasteiger partial charge in [-0.3, -0.25) is 4.79 Å². The van der Waals surface area contributed by atoms with Gasteiger partial charge in [-0.2, -0.15) is 0 Å². The molecule has 0 aromatic rings. The topological polar surface area (TPSA) is 55.4 Å². The van der Waals surface area contributed by atoms with Gasteiger partial charge in [0.1, 0.15) is 5.78 Å². The summed E-state index contributed by atoms with van der Waals surface area (Å²) in [6, 6.07) is 0.268. The van der Waals surface area contributed by atoms with Crippen LogP contribution in [0, 0.1) is 34.5 Å². The van der Waals surface area contributed by atoms with Crippen LogP contribution in [0.1, 0.15) is 71.6 Å². The smallest absolute Gasteiger partial charge is 0.407 e. The maximum Gasteiger partial charge on any atom is 0.407 e. The molecular formula is C21H33NO3. The third-order valence-electron chi connectivity index (χ3n) is 8.88. The van der Waals surface area contributed by atoms with Crippen LogP contribution in [0.15, 0.2) is 0 Å². The minimum atomic E-state index is -0.291. The highest BCUT2D eigenvalue weighted by Crippen LogP contribution is 2.65. The fraction of sp³-hybridized carbons (Fsp3) is 0.905. The average molecular weight is 347 g/mol. The largest absolute Gasteiger partial charge is 0.453 e. The van der Waals surface area contributed by atoms with E-state index in [4.69, 9.17) is 4.74 Å². The zero-order chi connectivity index (χ0) is 17.8. The van der Waals surface area contributed by atoms with Crippen molar-refractivity contribution >= 4 is 11.9 Å². The molecule has 1 N–H and O–H groups in total. The van der Waals surface area contributed by atoms with Crippen LogP contribution in [0.4, 0.5) is 4.79 Å². The van der Waals surface area contributed by atoms with Crippen molar-refractivity contribution in [3.8, 4) is 0 Å². The molecule has 0 radical (unpaired) electrons. The number of amides is 1. The molecule has 25 heavy (non-hydrogen) atoms. The number of carbonyl (C=O) groups is 2. The van der Waals surface area contributed by atoms with E-state index in [1.54, 1.807) is 0 Å². The van der Waals surface area contributed by atoms with E-state index in [9.17, 15) is 9.59 Å². The highest BCUT2D eigenvalue weighted by molar-refractivity contribution is 5.87. The number of ketones is 1. The van der Waals surface area contributed by atoms with Gasteiger partial charge in [-0.1, -0.05) is 13.8 Å². The lowest BCUT2D eigenvalue weighted by atomic mass is 9.45. The van der Waals surface area contributed by atoms with Gasteiger partial charge in [0.25, 0.3) is 0 Å². The van der Waals surface area contributed by atoms with Gasteiger partial charge in [-0.15, -0.1) is 0 Å². The molecule has 0 bridgehead atoms. The third-order valence-corrected chi connectivity index (χ3v) is 8.88. The first-order valence-electron chi connectivity index (χ1n) is 10.3. The summed E-state index contributed by atoms with van der Waals surface area (Å²) < 4.78 is 4.79. The van der Waals surface area contributed by atoms with E-state index in [1.165, 1.54) is 32.8 Å². The Morgan fingerprint density at radius 2 is 1.88 bits per heavy atom. The first kappa shape index (κ1) is 17.4. The van der Waals surface area contributed by atoms with Gasteiger partial charge in [-0.05, 0) is 80.5 Å². The number of rotatable bonds is 1. The molecule has 0 aliphatic heterocycles. The standard InChI is InChI=1S/C21H33NO3/c1-20-10-8-14(22-19(24)25-3)12-13(20)4-5-15-16-6-7-18(23)21(16,2)11-9-17(15)20/h13-17H,4-12H2,1-3H3,(H,22,24)/t13-,14-,15-,16-,17-,20-,21-/m0/s1. The summed E-state index contributed by atoms with van der Waals surface area (Å²) in [5.74, 6) is 3.38. The Morgan fingerprint density at radius 1 is 1.08 bits per heavy atom. The summed E-state index contributed by atoms with van der Waals surface area (Å²) in [6.45, 7) is 4.77. The molecular weight excluding hydrogens is 314 g/mol. The fourth-order valence-corrected chi connectivity index (χ4v) is 7.39. The molecule has 0 spiro atoms. The van der Waals surface area contributed by atoms with Gasteiger partial charge in [-0.25, -0.2) is 4.79 Å². The molecule has 0 unspecified atom stereocenters. The molecule has 4 nitrogen and oxygen atoms in total. The van der Waals surface area contributed by atoms with Crippen molar-refractivity contribution in [1.82, 2.24) is 5.32 Å². The second-order valence-corrected chi connectivity index (χ2v) is 9.68. The predicted molar refractivity (Wildman–Crippen MR) is 96.1 cm³/mol. The van der Waals surface area contributed by atoms with Gasteiger partial charge in [0, 0.05) is 17.9 Å². The zero-order valence-electron chi connectivity index (χ0n) is 16.0. The van der Waals surface area contributed by atoms with E-state index < -0.39 is 0 Å². The van der Waals surface area contributed by atoms with E-state index in [0.29, 0.717) is 23.0 Å². The van der Waals surface area contributed by atoms with E-state index in [2.05, 4.69) is 19.2 Å². The molecule has 4 heteroatoms. The van der Waals surface area contributed by atoms with Crippen LogP contribution in [0.5, 0.6) is 0 Å². The Labute approximate surface area is 151 Å². The zero-order valence-corrected chi connectivity index (χ0v) is 16.0. The Bertz CT molecular complexity index is 575. The van der Waals surface area contributed by atoms with E-state index in [0.717, 1.165) is 43.9 Å². The Kier molecular flexibility index (Phi) is 4.16. The van der Waals surface area contributed by atoms with Crippen molar-refractivity contribution in [1.29, 1.82) is 0 Å². The van der Waals surface area contributed by atoms with E-state index in [-0.39, 0.29) is 17.6 Å². The minimum absolute atomic E-state index is 0.0198. The van der Waals surface area contributed by atoms with Crippen LogP contribution in [-0.2, 0) is 9.53 Å². The minimum Gasteiger partial charge on any atom is -0.453 e. The number of nitrogens with one attached hydrogen (secondary N) is 1. The van der Waals surface area contributed by atoms with Crippen molar-refractivity contribution < 1.29 is 14.3 Å². The van der Waals surface area contributed by atoms with Gasteiger partial charge in [0.15, 0.2) is 0 Å². The number of methoxy groups -OCH3 is 1. The molecule has 0 aromatic carbocycles. The lowest BCUT2D eigenvalue weighted by molar-refractivity contribution is -0.139. The monoisotopic (exact) mass is 347 g/mol. The van der Waals surface area contributed by atoms with Crippen molar-refractivity contribution in [2.45, 2.75) is 77.7 Å². The van der Waals surface area contributed by atoms with Crippen molar-refractivity contribution in [2.75, 3.05) is 7.11 Å². The van der Waals surface area contributed by atoms with Crippen LogP contribution < -0.4 is 5.32 Å². The molecule has 1 amide bonds. The third kappa shape index (κ3) is 2.54. The summed E-state index contributed by atoms with van der Waals surface area (Å²) >= 11 is 0. The number of hydrogen-bond donors (Lipinski definition) is 1. The molecule has 4 aliphatic rings. The maximum absolute atomic E-state index is 12.5.